The first-order chi connectivity index (χ1) is 6.68. The Morgan fingerprint density at radius 2 is 1.36 bits per heavy atom. The van der Waals surface area contributed by atoms with Gasteiger partial charge in [-0.1, -0.05) is 58.8 Å². The third-order valence-electron chi connectivity index (χ3n) is 1.07. The van der Waals surface area contributed by atoms with Gasteiger partial charge in [0.25, 0.3) is 0 Å². The summed E-state index contributed by atoms with van der Waals surface area (Å²) < 4.78 is 0. The predicted octanol–water partition coefficient (Wildman–Crippen LogP) is 6.00. The zero-order valence-electron chi connectivity index (χ0n) is 11.8. The van der Waals surface area contributed by atoms with E-state index in [4.69, 9.17) is 0 Å². The van der Waals surface area contributed by atoms with Gasteiger partial charge >= 0.3 is 0 Å². The molecule has 0 atom stereocenters. The molecular formula is C14H32. The van der Waals surface area contributed by atoms with Gasteiger partial charge in [0.15, 0.2) is 0 Å². The maximum atomic E-state index is 3.55. The lowest BCUT2D eigenvalue weighted by molar-refractivity contribution is 0.961. The van der Waals surface area contributed by atoms with Gasteiger partial charge in [-0.15, -0.1) is 6.58 Å². The average molecular weight is 200 g/mol. The number of hydrogen-bond donors (Lipinski definition) is 0. The monoisotopic (exact) mass is 200 g/mol. The minimum absolute atomic E-state index is 1.15. The Hall–Kier alpha value is -0.520. The standard InChI is InChI=1S/2C5H10.2C2H6/c1-4-5(2)3;1-3-5-4-2;2*1-2/h4H,1-3H3;3H,1,4-5H2,2H3;2*1-2H3. The summed E-state index contributed by atoms with van der Waals surface area (Å²) >= 11 is 0. The molecule has 0 aliphatic rings. The summed E-state index contributed by atoms with van der Waals surface area (Å²) in [7, 11) is 0. The molecule has 0 fully saturated rings. The van der Waals surface area contributed by atoms with Crippen molar-refractivity contribution in [3.8, 4) is 0 Å². The topological polar surface area (TPSA) is 0 Å². The van der Waals surface area contributed by atoms with E-state index in [-0.39, 0.29) is 0 Å². The molecule has 0 aromatic heterocycles. The molecule has 0 rings (SSSR count). The van der Waals surface area contributed by atoms with Crippen LogP contribution in [0.4, 0.5) is 0 Å². The van der Waals surface area contributed by atoms with E-state index in [2.05, 4.69) is 33.4 Å². The highest BCUT2D eigenvalue weighted by molar-refractivity contribution is 4.88. The smallest absolute Gasteiger partial charge is 0.0356 e. The van der Waals surface area contributed by atoms with Gasteiger partial charge in [-0.25, -0.2) is 0 Å². The van der Waals surface area contributed by atoms with Crippen molar-refractivity contribution in [3.63, 3.8) is 0 Å². The number of rotatable bonds is 2. The molecule has 0 bridgehead atoms. The minimum Gasteiger partial charge on any atom is -0.103 e. The lowest BCUT2D eigenvalue weighted by Gasteiger charge is -1.74. The van der Waals surface area contributed by atoms with Gasteiger partial charge in [-0.05, 0) is 27.2 Å². The van der Waals surface area contributed by atoms with Gasteiger partial charge < -0.3 is 0 Å². The number of allylic oxidation sites excluding steroid dienone is 3. The summed E-state index contributed by atoms with van der Waals surface area (Å²) in [5.41, 5.74) is 1.38. The highest BCUT2D eigenvalue weighted by atomic mass is 13.7. The first-order valence-corrected chi connectivity index (χ1v) is 5.89. The van der Waals surface area contributed by atoms with Crippen molar-refractivity contribution in [2.24, 2.45) is 0 Å². The quantitative estimate of drug-likeness (QED) is 0.480. The van der Waals surface area contributed by atoms with Crippen molar-refractivity contribution in [2.45, 2.75) is 68.2 Å². The molecule has 0 aliphatic carbocycles. The van der Waals surface area contributed by atoms with Gasteiger partial charge in [-0.3, -0.25) is 0 Å². The lowest BCUT2D eigenvalue weighted by Crippen LogP contribution is -1.52. The Morgan fingerprint density at radius 1 is 1.07 bits per heavy atom. The molecule has 0 saturated heterocycles. The summed E-state index contributed by atoms with van der Waals surface area (Å²) in [5.74, 6) is 0. The minimum atomic E-state index is 1.15. The predicted molar refractivity (Wildman–Crippen MR) is 72.9 cm³/mol. The van der Waals surface area contributed by atoms with Crippen LogP contribution in [0.5, 0.6) is 0 Å². The van der Waals surface area contributed by atoms with Crippen molar-refractivity contribution in [3.05, 3.63) is 24.3 Å². The van der Waals surface area contributed by atoms with Crippen molar-refractivity contribution >= 4 is 0 Å². The van der Waals surface area contributed by atoms with E-state index in [0.29, 0.717) is 0 Å². The van der Waals surface area contributed by atoms with E-state index < -0.39 is 0 Å². The van der Waals surface area contributed by atoms with Crippen molar-refractivity contribution < 1.29 is 0 Å². The molecule has 0 amide bonds. The molecule has 0 spiro atoms. The first-order valence-electron chi connectivity index (χ1n) is 5.89. The zero-order valence-corrected chi connectivity index (χ0v) is 11.8. The van der Waals surface area contributed by atoms with Gasteiger partial charge in [0.1, 0.15) is 0 Å². The summed E-state index contributed by atoms with van der Waals surface area (Å²) in [4.78, 5) is 0. The molecule has 0 N–H and O–H groups in total. The van der Waals surface area contributed by atoms with Crippen LogP contribution in [-0.4, -0.2) is 0 Å². The maximum Gasteiger partial charge on any atom is -0.0356 e. The lowest BCUT2D eigenvalue weighted by atomic mass is 10.3. The van der Waals surface area contributed by atoms with E-state index in [0.717, 1.165) is 6.42 Å². The molecule has 0 heteroatoms. The summed E-state index contributed by atoms with van der Waals surface area (Å²) in [6.07, 6.45) is 6.39. The van der Waals surface area contributed by atoms with Crippen LogP contribution < -0.4 is 0 Å². The molecule has 88 valence electrons. The summed E-state index contributed by atoms with van der Waals surface area (Å²) in [5, 5.41) is 0. The molecule has 0 heterocycles. The second kappa shape index (κ2) is 39.2. The van der Waals surface area contributed by atoms with E-state index in [1.165, 1.54) is 12.0 Å². The average Bonchev–Trinajstić information content (AvgIpc) is 2.26. The second-order valence-corrected chi connectivity index (χ2v) is 2.44. The molecule has 0 aromatic carbocycles. The third-order valence-corrected chi connectivity index (χ3v) is 1.07. The molecular weight excluding hydrogens is 168 g/mol. The van der Waals surface area contributed by atoms with Gasteiger partial charge in [0, 0.05) is 0 Å². The van der Waals surface area contributed by atoms with Crippen LogP contribution in [0, 0.1) is 0 Å². The molecule has 0 aliphatic heterocycles. The van der Waals surface area contributed by atoms with Crippen LogP contribution in [0.2, 0.25) is 0 Å². The van der Waals surface area contributed by atoms with Crippen LogP contribution in [0.1, 0.15) is 68.2 Å². The Morgan fingerprint density at radius 3 is 1.36 bits per heavy atom. The highest BCUT2D eigenvalue weighted by Crippen LogP contribution is 1.82. The Labute approximate surface area is 93.1 Å². The van der Waals surface area contributed by atoms with Crippen molar-refractivity contribution in [1.29, 1.82) is 0 Å². The number of unbranched alkanes of at least 4 members (excludes halogenated alkanes) is 1. The molecule has 14 heavy (non-hydrogen) atoms. The highest BCUT2D eigenvalue weighted by Gasteiger charge is 1.61. The fourth-order valence-corrected chi connectivity index (χ4v) is 0.204. The van der Waals surface area contributed by atoms with Crippen LogP contribution >= 0.6 is 0 Å². The van der Waals surface area contributed by atoms with Crippen LogP contribution in [-0.2, 0) is 0 Å². The molecule has 0 radical (unpaired) electrons. The normalized spacial score (nSPS) is 6.00. The second-order valence-electron chi connectivity index (χ2n) is 2.44. The SMILES string of the molecule is C=CCCC.CC.CC.CC=C(C)C. The van der Waals surface area contributed by atoms with Crippen LogP contribution in [0.15, 0.2) is 24.3 Å². The Kier molecular flexibility index (Phi) is 65.4. The fourth-order valence-electron chi connectivity index (χ4n) is 0.204. The molecule has 0 aromatic rings. The van der Waals surface area contributed by atoms with E-state index >= 15 is 0 Å². The fraction of sp³-hybridized carbons (Fsp3) is 0.714. The maximum absolute atomic E-state index is 3.55. The number of hydrogen-bond acceptors (Lipinski definition) is 0. The zero-order chi connectivity index (χ0) is 12.4. The first kappa shape index (κ1) is 23.4. The van der Waals surface area contributed by atoms with Gasteiger partial charge in [0.2, 0.25) is 0 Å². The van der Waals surface area contributed by atoms with E-state index in [1.54, 1.807) is 0 Å². The van der Waals surface area contributed by atoms with E-state index in [9.17, 15) is 0 Å². The van der Waals surface area contributed by atoms with Crippen LogP contribution in [0.3, 0.4) is 0 Å². The molecule has 0 unspecified atom stereocenters. The van der Waals surface area contributed by atoms with Crippen molar-refractivity contribution in [2.75, 3.05) is 0 Å². The summed E-state index contributed by atoms with van der Waals surface area (Å²) in [6, 6.07) is 0. The molecule has 0 nitrogen and oxygen atoms in total. The van der Waals surface area contributed by atoms with E-state index in [1.807, 2.05) is 40.7 Å². The largest absolute Gasteiger partial charge is 0.103 e. The van der Waals surface area contributed by atoms with Gasteiger partial charge in [-0.2, -0.15) is 0 Å². The van der Waals surface area contributed by atoms with Crippen LogP contribution in [0.25, 0.3) is 0 Å². The summed E-state index contributed by atoms with van der Waals surface area (Å²) in [6.45, 7) is 19.9. The van der Waals surface area contributed by atoms with Gasteiger partial charge in [0.05, 0.1) is 0 Å². The third kappa shape index (κ3) is 104. The Bertz CT molecular complexity index is 84.2. The van der Waals surface area contributed by atoms with Crippen molar-refractivity contribution in [1.82, 2.24) is 0 Å². The Balaban J connectivity index is -0.0000000528. The molecule has 0 saturated carbocycles.